The lowest BCUT2D eigenvalue weighted by atomic mass is 10.2. The van der Waals surface area contributed by atoms with Crippen molar-refractivity contribution < 1.29 is 0 Å². The van der Waals surface area contributed by atoms with Crippen molar-refractivity contribution in [3.8, 4) is 0 Å². The Bertz CT molecular complexity index is 653. The molecule has 1 aromatic heterocycles. The first-order valence-electron chi connectivity index (χ1n) is 7.32. The van der Waals surface area contributed by atoms with E-state index in [1.165, 1.54) is 18.4 Å². The van der Waals surface area contributed by atoms with Crippen LogP contribution in [0.3, 0.4) is 0 Å². The molecule has 2 aromatic rings. The number of hydrogen-bond acceptors (Lipinski definition) is 4. The molecular weight excluding hydrogens is 328 g/mol. The van der Waals surface area contributed by atoms with Crippen molar-refractivity contribution in [3.63, 3.8) is 0 Å². The molecule has 0 bridgehead atoms. The van der Waals surface area contributed by atoms with Crippen molar-refractivity contribution in [1.29, 1.82) is 0 Å². The molecule has 3 rings (SSSR count). The number of halogens is 1. The van der Waals surface area contributed by atoms with E-state index in [9.17, 15) is 0 Å². The minimum Gasteiger partial charge on any atom is -0.370 e. The van der Waals surface area contributed by atoms with Crippen LogP contribution in [0.5, 0.6) is 0 Å². The number of aromatic nitrogens is 2. The van der Waals surface area contributed by atoms with E-state index in [1.807, 2.05) is 18.2 Å². The average Bonchev–Trinajstić information content (AvgIpc) is 3.29. The minimum atomic E-state index is 0.533. The molecule has 1 fully saturated rings. The molecule has 1 heterocycles. The summed E-state index contributed by atoms with van der Waals surface area (Å²) in [7, 11) is 0. The summed E-state index contributed by atoms with van der Waals surface area (Å²) in [5.41, 5.74) is 2.22. The molecule has 1 aromatic carbocycles. The smallest absolute Gasteiger partial charge is 0.136 e. The van der Waals surface area contributed by atoms with Gasteiger partial charge in [-0.2, -0.15) is 0 Å². The van der Waals surface area contributed by atoms with Gasteiger partial charge in [-0.3, -0.25) is 0 Å². The number of rotatable bonds is 5. The van der Waals surface area contributed by atoms with Crippen molar-refractivity contribution >= 4 is 33.3 Å². The van der Waals surface area contributed by atoms with Crippen molar-refractivity contribution in [2.75, 3.05) is 17.2 Å². The van der Waals surface area contributed by atoms with Crippen LogP contribution in [0.2, 0.25) is 0 Å². The molecule has 5 heteroatoms. The standard InChI is InChI=1S/C16H19BrN4/c1-3-18-13-9-14(21-16(20-13)11-7-8-11)19-12-6-4-5-10(2)15(12)17/h4-6,9,11H,3,7-8H2,1-2H3,(H2,18,19,20,21). The molecule has 110 valence electrons. The lowest BCUT2D eigenvalue weighted by molar-refractivity contribution is 0.927. The van der Waals surface area contributed by atoms with Gasteiger partial charge in [0.05, 0.1) is 5.69 Å². The van der Waals surface area contributed by atoms with E-state index in [4.69, 9.17) is 0 Å². The van der Waals surface area contributed by atoms with E-state index in [0.717, 1.165) is 34.2 Å². The molecule has 1 aliphatic carbocycles. The predicted octanol–water partition coefficient (Wildman–Crippen LogP) is 4.60. The highest BCUT2D eigenvalue weighted by molar-refractivity contribution is 9.10. The van der Waals surface area contributed by atoms with Gasteiger partial charge >= 0.3 is 0 Å². The van der Waals surface area contributed by atoms with Crippen LogP contribution in [0.25, 0.3) is 0 Å². The molecule has 0 amide bonds. The maximum Gasteiger partial charge on any atom is 0.136 e. The van der Waals surface area contributed by atoms with Gasteiger partial charge in [-0.15, -0.1) is 0 Å². The molecule has 0 atom stereocenters. The van der Waals surface area contributed by atoms with Crippen LogP contribution in [-0.4, -0.2) is 16.5 Å². The summed E-state index contributed by atoms with van der Waals surface area (Å²) < 4.78 is 1.07. The first-order chi connectivity index (χ1) is 10.2. The van der Waals surface area contributed by atoms with Crippen LogP contribution in [-0.2, 0) is 0 Å². The molecule has 0 unspecified atom stereocenters. The number of anilines is 3. The molecule has 4 nitrogen and oxygen atoms in total. The Morgan fingerprint density at radius 3 is 2.71 bits per heavy atom. The fourth-order valence-corrected chi connectivity index (χ4v) is 2.57. The molecule has 0 saturated heterocycles. The quantitative estimate of drug-likeness (QED) is 0.830. The monoisotopic (exact) mass is 346 g/mol. The zero-order chi connectivity index (χ0) is 14.8. The predicted molar refractivity (Wildman–Crippen MR) is 90.3 cm³/mol. The lowest BCUT2D eigenvalue weighted by Crippen LogP contribution is -2.05. The Morgan fingerprint density at radius 1 is 1.24 bits per heavy atom. The van der Waals surface area contributed by atoms with E-state index in [1.54, 1.807) is 0 Å². The summed E-state index contributed by atoms with van der Waals surface area (Å²) in [5.74, 6) is 3.21. The summed E-state index contributed by atoms with van der Waals surface area (Å²) in [6, 6.07) is 8.12. The lowest BCUT2D eigenvalue weighted by Gasteiger charge is -2.12. The second-order valence-corrected chi connectivity index (χ2v) is 6.16. The van der Waals surface area contributed by atoms with Gasteiger partial charge < -0.3 is 10.6 Å². The largest absolute Gasteiger partial charge is 0.370 e. The third-order valence-electron chi connectivity index (χ3n) is 3.50. The number of hydrogen-bond donors (Lipinski definition) is 2. The summed E-state index contributed by atoms with van der Waals surface area (Å²) in [5, 5.41) is 6.68. The van der Waals surface area contributed by atoms with Gasteiger partial charge in [0.1, 0.15) is 17.5 Å². The molecule has 0 aliphatic heterocycles. The van der Waals surface area contributed by atoms with Gasteiger partial charge in [-0.1, -0.05) is 12.1 Å². The molecule has 2 N–H and O–H groups in total. The first-order valence-corrected chi connectivity index (χ1v) is 8.11. The van der Waals surface area contributed by atoms with E-state index < -0.39 is 0 Å². The number of benzene rings is 1. The summed E-state index contributed by atoms with van der Waals surface area (Å²) >= 11 is 3.63. The maximum atomic E-state index is 4.66. The second-order valence-electron chi connectivity index (χ2n) is 5.36. The SMILES string of the molecule is CCNc1cc(Nc2cccc(C)c2Br)nc(C2CC2)n1. The highest BCUT2D eigenvalue weighted by Crippen LogP contribution is 2.39. The van der Waals surface area contributed by atoms with Crippen LogP contribution in [0, 0.1) is 6.92 Å². The maximum absolute atomic E-state index is 4.66. The van der Waals surface area contributed by atoms with Crippen molar-refractivity contribution in [2.24, 2.45) is 0 Å². The summed E-state index contributed by atoms with van der Waals surface area (Å²) in [6.07, 6.45) is 2.40. The van der Waals surface area contributed by atoms with Crippen molar-refractivity contribution in [1.82, 2.24) is 9.97 Å². The number of aryl methyl sites for hydroxylation is 1. The molecule has 1 aliphatic rings. The van der Waals surface area contributed by atoms with Crippen LogP contribution < -0.4 is 10.6 Å². The van der Waals surface area contributed by atoms with Crippen LogP contribution >= 0.6 is 15.9 Å². The summed E-state index contributed by atoms with van der Waals surface area (Å²) in [6.45, 7) is 5.01. The van der Waals surface area contributed by atoms with Gasteiger partial charge in [0.25, 0.3) is 0 Å². The fourth-order valence-electron chi connectivity index (χ4n) is 2.21. The number of nitrogens with zero attached hydrogens (tertiary/aromatic N) is 2. The van der Waals surface area contributed by atoms with Gasteiger partial charge in [-0.05, 0) is 54.2 Å². The Hall–Kier alpha value is -1.62. The minimum absolute atomic E-state index is 0.533. The topological polar surface area (TPSA) is 49.8 Å². The van der Waals surface area contributed by atoms with Crippen molar-refractivity contribution in [3.05, 3.63) is 40.1 Å². The van der Waals surface area contributed by atoms with E-state index >= 15 is 0 Å². The number of nitrogens with one attached hydrogen (secondary N) is 2. The van der Waals surface area contributed by atoms with Crippen LogP contribution in [0.1, 0.15) is 37.1 Å². The Morgan fingerprint density at radius 2 is 2.00 bits per heavy atom. The molecule has 0 radical (unpaired) electrons. The van der Waals surface area contributed by atoms with Crippen molar-refractivity contribution in [2.45, 2.75) is 32.6 Å². The Labute approximate surface area is 133 Å². The van der Waals surface area contributed by atoms with E-state index in [2.05, 4.69) is 56.4 Å². The van der Waals surface area contributed by atoms with Crippen LogP contribution in [0.4, 0.5) is 17.3 Å². The fraction of sp³-hybridized carbons (Fsp3) is 0.375. The summed E-state index contributed by atoms with van der Waals surface area (Å²) in [4.78, 5) is 9.25. The third kappa shape index (κ3) is 3.35. The highest BCUT2D eigenvalue weighted by atomic mass is 79.9. The van der Waals surface area contributed by atoms with Gasteiger partial charge in [0.2, 0.25) is 0 Å². The van der Waals surface area contributed by atoms with Gasteiger partial charge in [0.15, 0.2) is 0 Å². The Kier molecular flexibility index (Phi) is 4.10. The van der Waals surface area contributed by atoms with Crippen LogP contribution in [0.15, 0.2) is 28.7 Å². The normalized spacial score (nSPS) is 14.0. The van der Waals surface area contributed by atoms with Gasteiger partial charge in [-0.25, -0.2) is 9.97 Å². The zero-order valence-corrected chi connectivity index (χ0v) is 13.9. The Balaban J connectivity index is 1.91. The molecule has 21 heavy (non-hydrogen) atoms. The zero-order valence-electron chi connectivity index (χ0n) is 12.3. The van der Waals surface area contributed by atoms with Gasteiger partial charge in [0, 0.05) is 23.0 Å². The highest BCUT2D eigenvalue weighted by Gasteiger charge is 2.27. The van der Waals surface area contributed by atoms with E-state index in [-0.39, 0.29) is 0 Å². The first kappa shape index (κ1) is 14.3. The molecule has 0 spiro atoms. The average molecular weight is 347 g/mol. The van der Waals surface area contributed by atoms with E-state index in [0.29, 0.717) is 5.92 Å². The molecule has 1 saturated carbocycles. The third-order valence-corrected chi connectivity index (χ3v) is 4.55. The molecular formula is C16H19BrN4. The second kappa shape index (κ2) is 6.02.